The van der Waals surface area contributed by atoms with Crippen molar-refractivity contribution in [3.05, 3.63) is 66.7 Å². The number of ether oxygens (including phenoxy) is 2. The average molecular weight is 486 g/mol. The minimum absolute atomic E-state index is 0.0882. The average Bonchev–Trinajstić information content (AvgIpc) is 2.83. The SMILES string of the molecule is O=C(COc1cccc2ccccc12)NC(=S)Nc1ccc(S(=O)(=O)N2CCOCC2)cc1. The molecular formula is C23H23N3O5S2. The second kappa shape index (κ2) is 10.3. The van der Waals surface area contributed by atoms with Gasteiger partial charge in [0, 0.05) is 24.2 Å². The predicted octanol–water partition coefficient (Wildman–Crippen LogP) is 2.75. The fourth-order valence-electron chi connectivity index (χ4n) is 3.44. The van der Waals surface area contributed by atoms with Gasteiger partial charge in [0.25, 0.3) is 5.91 Å². The van der Waals surface area contributed by atoms with Crippen molar-refractivity contribution < 1.29 is 22.7 Å². The number of thiocarbonyl (C=S) groups is 1. The van der Waals surface area contributed by atoms with Crippen molar-refractivity contribution in [2.24, 2.45) is 0 Å². The number of sulfonamides is 1. The van der Waals surface area contributed by atoms with Crippen molar-refractivity contribution in [2.75, 3.05) is 38.2 Å². The summed E-state index contributed by atoms with van der Waals surface area (Å²) in [5.74, 6) is 0.200. The van der Waals surface area contributed by atoms with Crippen LogP contribution in [0.3, 0.4) is 0 Å². The van der Waals surface area contributed by atoms with Crippen LogP contribution in [0.4, 0.5) is 5.69 Å². The van der Waals surface area contributed by atoms with Gasteiger partial charge in [0.1, 0.15) is 5.75 Å². The van der Waals surface area contributed by atoms with Gasteiger partial charge in [-0.2, -0.15) is 4.31 Å². The number of hydrogen-bond donors (Lipinski definition) is 2. The molecule has 1 fully saturated rings. The highest BCUT2D eigenvalue weighted by Crippen LogP contribution is 2.25. The second-order valence-electron chi connectivity index (χ2n) is 7.31. The van der Waals surface area contributed by atoms with E-state index in [0.29, 0.717) is 37.7 Å². The number of carbonyl (C=O) groups is 1. The van der Waals surface area contributed by atoms with Gasteiger partial charge in [0.2, 0.25) is 10.0 Å². The van der Waals surface area contributed by atoms with Gasteiger partial charge < -0.3 is 14.8 Å². The Balaban J connectivity index is 1.30. The van der Waals surface area contributed by atoms with Gasteiger partial charge in [0.05, 0.1) is 18.1 Å². The minimum Gasteiger partial charge on any atom is -0.483 e. The number of rotatable bonds is 6. The Bertz CT molecular complexity index is 1250. The molecule has 0 atom stereocenters. The summed E-state index contributed by atoms with van der Waals surface area (Å²) < 4.78 is 37.7. The van der Waals surface area contributed by atoms with Gasteiger partial charge >= 0.3 is 0 Å². The number of benzene rings is 3. The van der Waals surface area contributed by atoms with Crippen LogP contribution in [0.1, 0.15) is 0 Å². The molecule has 8 nitrogen and oxygen atoms in total. The molecule has 0 aromatic heterocycles. The molecule has 33 heavy (non-hydrogen) atoms. The molecule has 10 heteroatoms. The molecule has 3 aromatic carbocycles. The van der Waals surface area contributed by atoms with E-state index in [1.807, 2.05) is 36.4 Å². The summed E-state index contributed by atoms with van der Waals surface area (Å²) in [6.07, 6.45) is 0. The molecule has 0 bridgehead atoms. The fraction of sp³-hybridized carbons (Fsp3) is 0.217. The molecule has 1 aliphatic rings. The monoisotopic (exact) mass is 485 g/mol. The first-order valence-electron chi connectivity index (χ1n) is 10.3. The number of amides is 1. The van der Waals surface area contributed by atoms with Gasteiger partial charge in [-0.15, -0.1) is 0 Å². The normalized spacial score (nSPS) is 14.5. The summed E-state index contributed by atoms with van der Waals surface area (Å²) in [7, 11) is -3.57. The zero-order valence-electron chi connectivity index (χ0n) is 17.7. The highest BCUT2D eigenvalue weighted by Gasteiger charge is 2.26. The van der Waals surface area contributed by atoms with Crippen molar-refractivity contribution in [1.82, 2.24) is 9.62 Å². The van der Waals surface area contributed by atoms with E-state index in [2.05, 4.69) is 10.6 Å². The molecular weight excluding hydrogens is 462 g/mol. The molecule has 172 valence electrons. The molecule has 4 rings (SSSR count). The van der Waals surface area contributed by atoms with Crippen LogP contribution < -0.4 is 15.4 Å². The van der Waals surface area contributed by atoms with Gasteiger partial charge in [-0.25, -0.2) is 8.42 Å². The Hall–Kier alpha value is -3.05. The lowest BCUT2D eigenvalue weighted by Crippen LogP contribution is -2.40. The van der Waals surface area contributed by atoms with Crippen LogP contribution in [0.5, 0.6) is 5.75 Å². The minimum atomic E-state index is -3.57. The third-order valence-electron chi connectivity index (χ3n) is 5.08. The van der Waals surface area contributed by atoms with E-state index in [9.17, 15) is 13.2 Å². The summed E-state index contributed by atoms with van der Waals surface area (Å²) in [4.78, 5) is 12.4. The topological polar surface area (TPSA) is 97.0 Å². The standard InChI is InChI=1S/C23H23N3O5S2/c27-22(16-31-21-7-3-5-17-4-1-2-6-20(17)21)25-23(32)24-18-8-10-19(11-9-18)33(28,29)26-12-14-30-15-13-26/h1-11H,12-16H2,(H2,24,25,27,32). The van der Waals surface area contributed by atoms with Gasteiger partial charge in [0.15, 0.2) is 11.7 Å². The number of nitrogens with zero attached hydrogens (tertiary/aromatic N) is 1. The molecule has 0 aliphatic carbocycles. The quantitative estimate of drug-likeness (QED) is 0.518. The smallest absolute Gasteiger partial charge is 0.264 e. The first-order chi connectivity index (χ1) is 15.9. The Morgan fingerprint density at radius 1 is 1.00 bits per heavy atom. The van der Waals surface area contributed by atoms with E-state index in [0.717, 1.165) is 10.8 Å². The molecule has 1 amide bonds. The molecule has 1 heterocycles. The van der Waals surface area contributed by atoms with Gasteiger partial charge in [-0.1, -0.05) is 36.4 Å². The third kappa shape index (κ3) is 5.66. The first-order valence-corrected chi connectivity index (χ1v) is 12.2. The van der Waals surface area contributed by atoms with Crippen molar-refractivity contribution >= 4 is 49.7 Å². The van der Waals surface area contributed by atoms with Crippen molar-refractivity contribution in [3.8, 4) is 5.75 Å². The summed E-state index contributed by atoms with van der Waals surface area (Å²) in [5.41, 5.74) is 0.552. The summed E-state index contributed by atoms with van der Waals surface area (Å²) >= 11 is 5.19. The maximum Gasteiger partial charge on any atom is 0.264 e. The molecule has 0 spiro atoms. The van der Waals surface area contributed by atoms with E-state index in [-0.39, 0.29) is 16.6 Å². The molecule has 0 radical (unpaired) electrons. The lowest BCUT2D eigenvalue weighted by Gasteiger charge is -2.26. The molecule has 1 aliphatic heterocycles. The van der Waals surface area contributed by atoms with Gasteiger partial charge in [-0.05, 0) is 47.9 Å². The molecule has 1 saturated heterocycles. The number of carbonyl (C=O) groups excluding carboxylic acids is 1. The van der Waals surface area contributed by atoms with Crippen LogP contribution in [-0.2, 0) is 19.6 Å². The van der Waals surface area contributed by atoms with Crippen molar-refractivity contribution in [3.63, 3.8) is 0 Å². The van der Waals surface area contributed by atoms with E-state index >= 15 is 0 Å². The number of nitrogens with one attached hydrogen (secondary N) is 2. The predicted molar refractivity (Wildman–Crippen MR) is 130 cm³/mol. The largest absolute Gasteiger partial charge is 0.483 e. The zero-order chi connectivity index (χ0) is 23.3. The van der Waals surface area contributed by atoms with Gasteiger partial charge in [-0.3, -0.25) is 10.1 Å². The molecule has 3 aromatic rings. The van der Waals surface area contributed by atoms with Crippen molar-refractivity contribution in [2.45, 2.75) is 4.90 Å². The highest BCUT2D eigenvalue weighted by atomic mass is 32.2. The van der Waals surface area contributed by atoms with Crippen LogP contribution in [-0.4, -0.2) is 56.7 Å². The van der Waals surface area contributed by atoms with E-state index in [1.165, 1.54) is 16.4 Å². The van der Waals surface area contributed by atoms with Crippen LogP contribution >= 0.6 is 12.2 Å². The maximum atomic E-state index is 12.7. The maximum absolute atomic E-state index is 12.7. The Kier molecular flexibility index (Phi) is 7.19. The third-order valence-corrected chi connectivity index (χ3v) is 7.20. The second-order valence-corrected chi connectivity index (χ2v) is 9.66. The van der Waals surface area contributed by atoms with E-state index in [1.54, 1.807) is 18.2 Å². The van der Waals surface area contributed by atoms with Crippen LogP contribution in [0.25, 0.3) is 10.8 Å². The van der Waals surface area contributed by atoms with Crippen LogP contribution in [0.2, 0.25) is 0 Å². The first kappa shape index (κ1) is 23.1. The Morgan fingerprint density at radius 3 is 2.45 bits per heavy atom. The molecule has 2 N–H and O–H groups in total. The fourth-order valence-corrected chi connectivity index (χ4v) is 5.08. The van der Waals surface area contributed by atoms with E-state index in [4.69, 9.17) is 21.7 Å². The molecule has 0 saturated carbocycles. The van der Waals surface area contributed by atoms with Crippen LogP contribution in [0, 0.1) is 0 Å². The lowest BCUT2D eigenvalue weighted by molar-refractivity contribution is -0.121. The number of hydrogen-bond acceptors (Lipinski definition) is 6. The number of fused-ring (bicyclic) bond motifs is 1. The molecule has 0 unspecified atom stereocenters. The zero-order valence-corrected chi connectivity index (χ0v) is 19.3. The number of anilines is 1. The Morgan fingerprint density at radius 2 is 1.70 bits per heavy atom. The lowest BCUT2D eigenvalue weighted by atomic mass is 10.1. The summed E-state index contributed by atoms with van der Waals surface area (Å²) in [5, 5.41) is 7.46. The highest BCUT2D eigenvalue weighted by molar-refractivity contribution is 7.89. The Labute approximate surface area is 197 Å². The number of morpholine rings is 1. The summed E-state index contributed by atoms with van der Waals surface area (Å²) in [6, 6.07) is 19.6. The van der Waals surface area contributed by atoms with E-state index < -0.39 is 15.9 Å². The summed E-state index contributed by atoms with van der Waals surface area (Å²) in [6.45, 7) is 1.24. The van der Waals surface area contributed by atoms with Crippen LogP contribution in [0.15, 0.2) is 71.6 Å². The van der Waals surface area contributed by atoms with Crippen molar-refractivity contribution in [1.29, 1.82) is 0 Å².